The van der Waals surface area contributed by atoms with E-state index < -0.39 is 17.8 Å². The lowest BCUT2D eigenvalue weighted by atomic mass is 10.1. The lowest BCUT2D eigenvalue weighted by Crippen LogP contribution is -2.54. The maximum absolute atomic E-state index is 13.0. The Morgan fingerprint density at radius 2 is 1.79 bits per heavy atom. The van der Waals surface area contributed by atoms with E-state index in [1.165, 1.54) is 20.3 Å². The van der Waals surface area contributed by atoms with Crippen LogP contribution in [-0.2, 0) is 9.59 Å². The van der Waals surface area contributed by atoms with Crippen LogP contribution < -0.4 is 19.7 Å². The van der Waals surface area contributed by atoms with Crippen molar-refractivity contribution >= 4 is 52.2 Å². The predicted molar refractivity (Wildman–Crippen MR) is 112 cm³/mol. The SMILES string of the molecule is COc1cc(/C=C2\C(=O)NC(=O)N(c3ccccc3C)C2=O)cc(I)c1OC. The van der Waals surface area contributed by atoms with Crippen LogP contribution in [0.1, 0.15) is 11.1 Å². The molecule has 1 aliphatic rings. The number of hydrogen-bond donors (Lipinski definition) is 1. The van der Waals surface area contributed by atoms with E-state index in [0.717, 1.165) is 14.0 Å². The van der Waals surface area contributed by atoms with Crippen molar-refractivity contribution in [1.29, 1.82) is 0 Å². The van der Waals surface area contributed by atoms with Crippen molar-refractivity contribution in [2.75, 3.05) is 19.1 Å². The van der Waals surface area contributed by atoms with Crippen molar-refractivity contribution in [3.8, 4) is 11.5 Å². The number of para-hydroxylation sites is 1. The van der Waals surface area contributed by atoms with Gasteiger partial charge in [-0.05, 0) is 64.9 Å². The van der Waals surface area contributed by atoms with Crippen LogP contribution in [0.5, 0.6) is 11.5 Å². The fourth-order valence-corrected chi connectivity index (χ4v) is 3.72. The molecule has 0 bridgehead atoms. The summed E-state index contributed by atoms with van der Waals surface area (Å²) in [5.41, 5.74) is 1.58. The number of nitrogens with zero attached hydrogens (tertiary/aromatic N) is 1. The lowest BCUT2D eigenvalue weighted by molar-refractivity contribution is -0.122. The van der Waals surface area contributed by atoms with Crippen LogP contribution in [0.25, 0.3) is 6.08 Å². The molecule has 0 spiro atoms. The number of imide groups is 2. The first-order valence-corrected chi connectivity index (χ1v) is 9.34. The highest BCUT2D eigenvalue weighted by molar-refractivity contribution is 14.1. The normalized spacial score (nSPS) is 15.6. The molecule has 4 amide bonds. The van der Waals surface area contributed by atoms with Crippen LogP contribution in [0.2, 0.25) is 0 Å². The number of carbonyl (C=O) groups excluding carboxylic acids is 3. The number of hydrogen-bond acceptors (Lipinski definition) is 5. The van der Waals surface area contributed by atoms with Crippen molar-refractivity contribution < 1.29 is 23.9 Å². The maximum Gasteiger partial charge on any atom is 0.335 e. The molecule has 144 valence electrons. The highest BCUT2D eigenvalue weighted by atomic mass is 127. The van der Waals surface area contributed by atoms with Crippen molar-refractivity contribution in [3.05, 3.63) is 56.7 Å². The predicted octanol–water partition coefficient (Wildman–Crippen LogP) is 3.28. The number of halogens is 1. The summed E-state index contributed by atoms with van der Waals surface area (Å²) in [7, 11) is 3.03. The first-order chi connectivity index (χ1) is 13.4. The standard InChI is InChI=1S/C20H17IN2O5/c1-11-6-4-5-7-15(11)23-19(25)13(18(24)22-20(23)26)8-12-9-14(21)17(28-3)16(10-12)27-2/h4-10H,1-3H3,(H,22,24,26)/b13-8+. The van der Waals surface area contributed by atoms with Crippen LogP contribution in [0.3, 0.4) is 0 Å². The van der Waals surface area contributed by atoms with Gasteiger partial charge in [0.2, 0.25) is 0 Å². The zero-order valence-electron chi connectivity index (χ0n) is 15.4. The molecule has 0 saturated carbocycles. The number of carbonyl (C=O) groups is 3. The van der Waals surface area contributed by atoms with Crippen molar-refractivity contribution in [2.24, 2.45) is 0 Å². The number of rotatable bonds is 4. The molecule has 1 aliphatic heterocycles. The number of amides is 4. The largest absolute Gasteiger partial charge is 0.493 e. The Morgan fingerprint density at radius 1 is 1.07 bits per heavy atom. The van der Waals surface area contributed by atoms with Gasteiger partial charge < -0.3 is 9.47 Å². The quantitative estimate of drug-likeness (QED) is 0.403. The minimum absolute atomic E-state index is 0.147. The maximum atomic E-state index is 13.0. The van der Waals surface area contributed by atoms with Crippen LogP contribution in [0.15, 0.2) is 42.0 Å². The van der Waals surface area contributed by atoms with Gasteiger partial charge in [-0.1, -0.05) is 18.2 Å². The number of nitrogens with one attached hydrogen (secondary N) is 1. The summed E-state index contributed by atoms with van der Waals surface area (Å²) in [6, 6.07) is 9.60. The van der Waals surface area contributed by atoms with Gasteiger partial charge in [0.1, 0.15) is 5.57 Å². The fourth-order valence-electron chi connectivity index (χ4n) is 2.88. The van der Waals surface area contributed by atoms with E-state index in [2.05, 4.69) is 27.9 Å². The van der Waals surface area contributed by atoms with Gasteiger partial charge in [-0.25, -0.2) is 9.69 Å². The molecule has 1 fully saturated rings. The Kier molecular flexibility index (Phi) is 5.68. The van der Waals surface area contributed by atoms with Gasteiger partial charge >= 0.3 is 6.03 Å². The highest BCUT2D eigenvalue weighted by Crippen LogP contribution is 2.34. The first kappa shape index (κ1) is 19.9. The molecule has 0 aromatic heterocycles. The molecule has 2 aromatic carbocycles. The van der Waals surface area contributed by atoms with Gasteiger partial charge in [0.15, 0.2) is 11.5 Å². The van der Waals surface area contributed by atoms with E-state index in [9.17, 15) is 14.4 Å². The average Bonchev–Trinajstić information content (AvgIpc) is 2.66. The monoisotopic (exact) mass is 492 g/mol. The van der Waals surface area contributed by atoms with E-state index in [4.69, 9.17) is 9.47 Å². The fraction of sp³-hybridized carbons (Fsp3) is 0.150. The molecule has 28 heavy (non-hydrogen) atoms. The van der Waals surface area contributed by atoms with Gasteiger partial charge in [-0.2, -0.15) is 0 Å². The molecule has 7 nitrogen and oxygen atoms in total. The number of barbiturate groups is 1. The van der Waals surface area contributed by atoms with Crippen LogP contribution in [0.4, 0.5) is 10.5 Å². The molecule has 8 heteroatoms. The molecule has 0 unspecified atom stereocenters. The Bertz CT molecular complexity index is 1020. The van der Waals surface area contributed by atoms with E-state index in [1.807, 2.05) is 0 Å². The van der Waals surface area contributed by atoms with Gasteiger partial charge in [0.25, 0.3) is 11.8 Å². The Labute approximate surface area is 175 Å². The van der Waals surface area contributed by atoms with Gasteiger partial charge in [-0.3, -0.25) is 14.9 Å². The van der Waals surface area contributed by atoms with Crippen molar-refractivity contribution in [1.82, 2.24) is 5.32 Å². The van der Waals surface area contributed by atoms with E-state index in [0.29, 0.717) is 22.7 Å². The molecular weight excluding hydrogens is 475 g/mol. The zero-order chi connectivity index (χ0) is 20.4. The third kappa shape index (κ3) is 3.59. The molecule has 0 aliphatic carbocycles. The Balaban J connectivity index is 2.07. The molecule has 1 saturated heterocycles. The second kappa shape index (κ2) is 8.01. The van der Waals surface area contributed by atoms with Crippen LogP contribution in [-0.4, -0.2) is 32.1 Å². The smallest absolute Gasteiger partial charge is 0.335 e. The van der Waals surface area contributed by atoms with Gasteiger partial charge in [-0.15, -0.1) is 0 Å². The lowest BCUT2D eigenvalue weighted by Gasteiger charge is -2.27. The summed E-state index contributed by atoms with van der Waals surface area (Å²) >= 11 is 2.08. The molecule has 0 atom stereocenters. The number of aryl methyl sites for hydroxylation is 1. The summed E-state index contributed by atoms with van der Waals surface area (Å²) < 4.78 is 11.4. The van der Waals surface area contributed by atoms with Crippen molar-refractivity contribution in [2.45, 2.75) is 6.92 Å². The number of methoxy groups -OCH3 is 2. The summed E-state index contributed by atoms with van der Waals surface area (Å²) in [4.78, 5) is 38.6. The number of benzene rings is 2. The Hall–Kier alpha value is -2.88. The summed E-state index contributed by atoms with van der Waals surface area (Å²) in [6.45, 7) is 1.78. The molecule has 0 radical (unpaired) electrons. The molecule has 2 aromatic rings. The first-order valence-electron chi connectivity index (χ1n) is 8.26. The van der Waals surface area contributed by atoms with Gasteiger partial charge in [0, 0.05) is 0 Å². The van der Waals surface area contributed by atoms with Crippen molar-refractivity contribution in [3.63, 3.8) is 0 Å². The van der Waals surface area contributed by atoms with Gasteiger partial charge in [0.05, 0.1) is 23.5 Å². The average molecular weight is 492 g/mol. The second-order valence-corrected chi connectivity index (χ2v) is 7.14. The highest BCUT2D eigenvalue weighted by Gasteiger charge is 2.37. The zero-order valence-corrected chi connectivity index (χ0v) is 17.6. The Morgan fingerprint density at radius 3 is 2.43 bits per heavy atom. The number of urea groups is 1. The summed E-state index contributed by atoms with van der Waals surface area (Å²) in [6.07, 6.45) is 1.43. The molecule has 3 rings (SSSR count). The van der Waals surface area contributed by atoms with Crippen LogP contribution >= 0.6 is 22.6 Å². The third-order valence-corrected chi connectivity index (χ3v) is 5.03. The molecule has 1 N–H and O–H groups in total. The topological polar surface area (TPSA) is 84.9 Å². The van der Waals surface area contributed by atoms with E-state index in [-0.39, 0.29) is 5.57 Å². The van der Waals surface area contributed by atoms with Crippen LogP contribution in [0, 0.1) is 10.5 Å². The minimum atomic E-state index is -0.775. The second-order valence-electron chi connectivity index (χ2n) is 5.98. The number of anilines is 1. The minimum Gasteiger partial charge on any atom is -0.493 e. The molecular formula is C20H17IN2O5. The number of ether oxygens (including phenoxy) is 2. The van der Waals surface area contributed by atoms with E-state index >= 15 is 0 Å². The van der Waals surface area contributed by atoms with E-state index in [1.54, 1.807) is 43.3 Å². The summed E-state index contributed by atoms with van der Waals surface area (Å²) in [5, 5.41) is 2.22. The molecule has 1 heterocycles. The third-order valence-electron chi connectivity index (χ3n) is 4.22. The summed E-state index contributed by atoms with van der Waals surface area (Å²) in [5.74, 6) is -0.407.